The van der Waals surface area contributed by atoms with Crippen LogP contribution in [-0.2, 0) is 6.42 Å². The van der Waals surface area contributed by atoms with Crippen LogP contribution in [0.2, 0.25) is 0 Å². The van der Waals surface area contributed by atoms with Gasteiger partial charge in [-0.1, -0.05) is 12.1 Å². The lowest BCUT2D eigenvalue weighted by Crippen LogP contribution is -2.23. The molecule has 0 aliphatic carbocycles. The Morgan fingerprint density at radius 1 is 1.19 bits per heavy atom. The number of aliphatic hydroxyl groups is 1. The van der Waals surface area contributed by atoms with Crippen LogP contribution in [0.1, 0.15) is 31.2 Å². The van der Waals surface area contributed by atoms with Crippen molar-refractivity contribution in [3.8, 4) is 5.75 Å². The Kier molecular flexibility index (Phi) is 6.96. The highest BCUT2D eigenvalue weighted by molar-refractivity contribution is 5.27. The first-order valence-corrected chi connectivity index (χ1v) is 7.96. The molecule has 1 aromatic carbocycles. The van der Waals surface area contributed by atoms with E-state index >= 15 is 0 Å². The molecule has 118 valence electrons. The zero-order valence-corrected chi connectivity index (χ0v) is 12.6. The quantitative estimate of drug-likeness (QED) is 0.711. The van der Waals surface area contributed by atoms with Crippen molar-refractivity contribution in [3.63, 3.8) is 0 Å². The van der Waals surface area contributed by atoms with Crippen LogP contribution in [-0.4, -0.2) is 49.0 Å². The monoisotopic (exact) mass is 295 g/mol. The van der Waals surface area contributed by atoms with Gasteiger partial charge < -0.3 is 14.7 Å². The van der Waals surface area contributed by atoms with Crippen LogP contribution in [0.4, 0.5) is 4.39 Å². The second-order valence-corrected chi connectivity index (χ2v) is 5.74. The lowest BCUT2D eigenvalue weighted by Gasteiger charge is -2.14. The lowest BCUT2D eigenvalue weighted by molar-refractivity contribution is 0.176. The number of hydrogen-bond acceptors (Lipinski definition) is 3. The van der Waals surface area contributed by atoms with Crippen molar-refractivity contribution >= 4 is 0 Å². The Morgan fingerprint density at radius 3 is 2.67 bits per heavy atom. The normalized spacial score (nSPS) is 19.0. The highest BCUT2D eigenvalue weighted by atomic mass is 19.1. The van der Waals surface area contributed by atoms with Gasteiger partial charge in [0.2, 0.25) is 0 Å². The number of β-amino-alcohol motifs (C(OH)–C–C–N with tert-alkyl or cyclic N) is 1. The fraction of sp³-hybridized carbons (Fsp3) is 0.647. The molecule has 2 rings (SSSR count). The van der Waals surface area contributed by atoms with Gasteiger partial charge in [-0.15, -0.1) is 0 Å². The maximum absolute atomic E-state index is 12.0. The molecule has 0 aromatic heterocycles. The van der Waals surface area contributed by atoms with Gasteiger partial charge in [0.15, 0.2) is 0 Å². The number of unbranched alkanes of at least 4 members (excludes halogenated alkanes) is 1. The standard InChI is InChI=1S/C17H26FNO2/c18-10-1-2-13-21-17-7-5-15(6-8-17)4-3-11-19-12-9-16(20)14-19/h5-8,16,20H,1-4,9-14H2/t16-/m0/s1. The smallest absolute Gasteiger partial charge is 0.119 e. The average molecular weight is 295 g/mol. The van der Waals surface area contributed by atoms with E-state index in [1.54, 1.807) is 0 Å². The van der Waals surface area contributed by atoms with Crippen molar-refractivity contribution in [2.45, 2.75) is 38.2 Å². The highest BCUT2D eigenvalue weighted by Gasteiger charge is 2.18. The van der Waals surface area contributed by atoms with E-state index in [0.717, 1.165) is 51.1 Å². The third kappa shape index (κ3) is 6.02. The topological polar surface area (TPSA) is 32.7 Å². The summed E-state index contributed by atoms with van der Waals surface area (Å²) in [5.41, 5.74) is 1.31. The molecule has 1 aliphatic rings. The third-order valence-electron chi connectivity index (χ3n) is 3.91. The van der Waals surface area contributed by atoms with Gasteiger partial charge >= 0.3 is 0 Å². The molecule has 0 bridgehead atoms. The molecule has 1 heterocycles. The summed E-state index contributed by atoms with van der Waals surface area (Å²) in [7, 11) is 0. The van der Waals surface area contributed by atoms with Crippen LogP contribution in [0.15, 0.2) is 24.3 Å². The Labute approximate surface area is 126 Å². The minimum atomic E-state index is -0.268. The minimum absolute atomic E-state index is 0.126. The molecule has 4 heteroatoms. The van der Waals surface area contributed by atoms with Crippen LogP contribution in [0.3, 0.4) is 0 Å². The largest absolute Gasteiger partial charge is 0.494 e. The number of hydrogen-bond donors (Lipinski definition) is 1. The van der Waals surface area contributed by atoms with Crippen LogP contribution < -0.4 is 4.74 Å². The van der Waals surface area contributed by atoms with Crippen molar-refractivity contribution in [1.29, 1.82) is 0 Å². The number of aryl methyl sites for hydroxylation is 1. The average Bonchev–Trinajstić information content (AvgIpc) is 2.91. The van der Waals surface area contributed by atoms with E-state index in [1.807, 2.05) is 12.1 Å². The number of ether oxygens (including phenoxy) is 1. The Morgan fingerprint density at radius 2 is 2.00 bits per heavy atom. The second kappa shape index (κ2) is 9.00. The molecule has 0 spiro atoms. The molecule has 1 fully saturated rings. The van der Waals surface area contributed by atoms with E-state index < -0.39 is 0 Å². The van der Waals surface area contributed by atoms with Crippen molar-refractivity contribution in [2.24, 2.45) is 0 Å². The summed E-state index contributed by atoms with van der Waals surface area (Å²) in [4.78, 5) is 2.33. The van der Waals surface area contributed by atoms with Crippen molar-refractivity contribution in [1.82, 2.24) is 4.90 Å². The van der Waals surface area contributed by atoms with E-state index in [1.165, 1.54) is 5.56 Å². The first-order chi connectivity index (χ1) is 10.3. The molecule has 0 saturated carbocycles. The molecule has 1 saturated heterocycles. The van der Waals surface area contributed by atoms with Crippen LogP contribution in [0, 0.1) is 0 Å². The van der Waals surface area contributed by atoms with Crippen molar-refractivity contribution in [2.75, 3.05) is 32.9 Å². The molecule has 1 aromatic rings. The fourth-order valence-corrected chi connectivity index (χ4v) is 2.66. The highest BCUT2D eigenvalue weighted by Crippen LogP contribution is 2.15. The van der Waals surface area contributed by atoms with Gasteiger partial charge in [0.05, 0.1) is 19.4 Å². The summed E-state index contributed by atoms with van der Waals surface area (Å²) < 4.78 is 17.5. The number of benzene rings is 1. The molecule has 0 radical (unpaired) electrons. The van der Waals surface area contributed by atoms with Gasteiger partial charge in [0.1, 0.15) is 5.75 Å². The predicted octanol–water partition coefficient (Wildman–Crippen LogP) is 2.81. The SMILES string of the molecule is O[C@H]1CCN(CCCc2ccc(OCCCCF)cc2)C1. The van der Waals surface area contributed by atoms with Gasteiger partial charge in [0.25, 0.3) is 0 Å². The first-order valence-electron chi connectivity index (χ1n) is 7.96. The second-order valence-electron chi connectivity index (χ2n) is 5.74. The van der Waals surface area contributed by atoms with Crippen molar-refractivity contribution in [3.05, 3.63) is 29.8 Å². The molecule has 1 N–H and O–H groups in total. The predicted molar refractivity (Wildman–Crippen MR) is 82.5 cm³/mol. The Hall–Kier alpha value is -1.13. The maximum Gasteiger partial charge on any atom is 0.119 e. The fourth-order valence-electron chi connectivity index (χ4n) is 2.66. The van der Waals surface area contributed by atoms with Gasteiger partial charge in [-0.25, -0.2) is 0 Å². The van der Waals surface area contributed by atoms with Gasteiger partial charge in [-0.3, -0.25) is 4.39 Å². The van der Waals surface area contributed by atoms with E-state index in [9.17, 15) is 9.50 Å². The number of likely N-dealkylation sites (tertiary alicyclic amines) is 1. The van der Waals surface area contributed by atoms with Crippen LogP contribution in [0.25, 0.3) is 0 Å². The van der Waals surface area contributed by atoms with E-state index in [4.69, 9.17) is 4.74 Å². The van der Waals surface area contributed by atoms with Crippen molar-refractivity contribution < 1.29 is 14.2 Å². The van der Waals surface area contributed by atoms with Crippen LogP contribution >= 0.6 is 0 Å². The van der Waals surface area contributed by atoms with E-state index in [0.29, 0.717) is 13.0 Å². The third-order valence-corrected chi connectivity index (χ3v) is 3.91. The molecule has 1 aliphatic heterocycles. The molecule has 21 heavy (non-hydrogen) atoms. The number of halogens is 1. The zero-order valence-electron chi connectivity index (χ0n) is 12.6. The summed E-state index contributed by atoms with van der Waals surface area (Å²) in [5, 5.41) is 9.47. The van der Waals surface area contributed by atoms with Crippen LogP contribution in [0.5, 0.6) is 5.75 Å². The number of aliphatic hydroxyl groups excluding tert-OH is 1. The number of alkyl halides is 1. The molecular weight excluding hydrogens is 269 g/mol. The number of rotatable bonds is 9. The summed E-state index contributed by atoms with van der Waals surface area (Å²) in [6.45, 7) is 3.22. The first kappa shape index (κ1) is 16.2. The van der Waals surface area contributed by atoms with Gasteiger partial charge in [-0.2, -0.15) is 0 Å². The van der Waals surface area contributed by atoms with E-state index in [-0.39, 0.29) is 12.8 Å². The van der Waals surface area contributed by atoms with Gasteiger partial charge in [-0.05, 0) is 56.3 Å². The molecule has 0 unspecified atom stereocenters. The number of nitrogens with zero attached hydrogens (tertiary/aromatic N) is 1. The van der Waals surface area contributed by atoms with Gasteiger partial charge in [0, 0.05) is 13.1 Å². The molecule has 0 amide bonds. The zero-order chi connectivity index (χ0) is 14.9. The maximum atomic E-state index is 12.0. The molecule has 1 atom stereocenters. The van der Waals surface area contributed by atoms with E-state index in [2.05, 4.69) is 17.0 Å². The Balaban J connectivity index is 1.62. The summed E-state index contributed by atoms with van der Waals surface area (Å²) in [6.07, 6.45) is 4.29. The summed E-state index contributed by atoms with van der Waals surface area (Å²) in [6, 6.07) is 8.18. The Bertz CT molecular complexity index is 396. The molecular formula is C17H26FNO2. The lowest BCUT2D eigenvalue weighted by atomic mass is 10.1. The summed E-state index contributed by atoms with van der Waals surface area (Å²) in [5.74, 6) is 0.861. The minimum Gasteiger partial charge on any atom is -0.494 e. The summed E-state index contributed by atoms with van der Waals surface area (Å²) >= 11 is 0. The molecule has 3 nitrogen and oxygen atoms in total.